The molecule has 0 radical (unpaired) electrons. The lowest BCUT2D eigenvalue weighted by molar-refractivity contribution is 0.406. The van der Waals surface area contributed by atoms with Gasteiger partial charge in [-0.05, 0) is 13.8 Å². The molecule has 0 aliphatic heterocycles. The second-order valence-electron chi connectivity index (χ2n) is 4.53. The first kappa shape index (κ1) is 13.4. The molecule has 0 amide bonds. The van der Waals surface area contributed by atoms with Crippen molar-refractivity contribution in [3.05, 3.63) is 47.3 Å². The average molecular weight is 258 g/mol. The molecule has 2 aromatic rings. The van der Waals surface area contributed by atoms with Gasteiger partial charge in [0.05, 0.1) is 7.11 Å². The zero-order valence-electron chi connectivity index (χ0n) is 11.4. The molecule has 0 aliphatic carbocycles. The van der Waals surface area contributed by atoms with Crippen LogP contribution in [0.1, 0.15) is 28.4 Å². The molecule has 0 fully saturated rings. The van der Waals surface area contributed by atoms with Crippen LogP contribution in [0.3, 0.4) is 0 Å². The van der Waals surface area contributed by atoms with E-state index in [4.69, 9.17) is 10.5 Å². The summed E-state index contributed by atoms with van der Waals surface area (Å²) >= 11 is 0. The Morgan fingerprint density at radius 2 is 1.89 bits per heavy atom. The molecular formula is C14H18N4O. The van der Waals surface area contributed by atoms with Gasteiger partial charge < -0.3 is 10.5 Å². The number of nitrogens with zero attached hydrogens (tertiary/aromatic N) is 3. The number of nitrogens with two attached hydrogens (primary N) is 1. The maximum Gasteiger partial charge on any atom is 0.128 e. The van der Waals surface area contributed by atoms with E-state index < -0.39 is 0 Å². The molecular weight excluding hydrogens is 240 g/mol. The fourth-order valence-electron chi connectivity index (χ4n) is 2.11. The Kier molecular flexibility index (Phi) is 4.06. The number of aryl methyl sites for hydroxylation is 1. The number of rotatable bonds is 4. The molecule has 0 aromatic carbocycles. The quantitative estimate of drug-likeness (QED) is 0.904. The first-order chi connectivity index (χ1) is 9.13. The number of hydrogen-bond acceptors (Lipinski definition) is 5. The third-order valence-electron chi connectivity index (χ3n) is 3.17. The lowest BCUT2D eigenvalue weighted by Crippen LogP contribution is -2.15. The van der Waals surface area contributed by atoms with E-state index in [1.54, 1.807) is 19.5 Å². The molecule has 5 heteroatoms. The van der Waals surface area contributed by atoms with E-state index >= 15 is 0 Å². The Morgan fingerprint density at radius 3 is 2.53 bits per heavy atom. The van der Waals surface area contributed by atoms with Crippen LogP contribution >= 0.6 is 0 Å². The van der Waals surface area contributed by atoms with Crippen LogP contribution in [0.15, 0.2) is 24.9 Å². The van der Waals surface area contributed by atoms with Crippen molar-refractivity contribution in [2.75, 3.05) is 7.11 Å². The molecule has 5 nitrogen and oxygen atoms in total. The van der Waals surface area contributed by atoms with Gasteiger partial charge in [0.2, 0.25) is 0 Å². The smallest absolute Gasteiger partial charge is 0.128 e. The van der Waals surface area contributed by atoms with Crippen LogP contribution in [0.5, 0.6) is 5.75 Å². The summed E-state index contributed by atoms with van der Waals surface area (Å²) in [5.74, 6) is 0.876. The first-order valence-corrected chi connectivity index (χ1v) is 6.13. The van der Waals surface area contributed by atoms with Gasteiger partial charge in [-0.3, -0.25) is 4.98 Å². The molecule has 100 valence electrons. The molecule has 2 N–H and O–H groups in total. The highest BCUT2D eigenvalue weighted by Crippen LogP contribution is 2.26. The molecule has 2 heterocycles. The number of pyridine rings is 1. The van der Waals surface area contributed by atoms with E-state index in [1.807, 2.05) is 20.0 Å². The van der Waals surface area contributed by atoms with Gasteiger partial charge in [-0.15, -0.1) is 0 Å². The van der Waals surface area contributed by atoms with Gasteiger partial charge in [0.25, 0.3) is 0 Å². The minimum Gasteiger partial charge on any atom is -0.496 e. The van der Waals surface area contributed by atoms with Crippen LogP contribution in [-0.2, 0) is 6.42 Å². The predicted molar refractivity (Wildman–Crippen MR) is 72.9 cm³/mol. The third-order valence-corrected chi connectivity index (χ3v) is 3.17. The van der Waals surface area contributed by atoms with E-state index in [0.29, 0.717) is 6.42 Å². The lowest BCUT2D eigenvalue weighted by Gasteiger charge is -2.15. The molecule has 1 unspecified atom stereocenters. The highest BCUT2D eigenvalue weighted by atomic mass is 16.5. The van der Waals surface area contributed by atoms with E-state index in [9.17, 15) is 0 Å². The van der Waals surface area contributed by atoms with Gasteiger partial charge in [0.1, 0.15) is 12.1 Å². The molecule has 0 aliphatic rings. The van der Waals surface area contributed by atoms with Crippen LogP contribution in [-0.4, -0.2) is 22.1 Å². The Labute approximate surface area is 112 Å². The van der Waals surface area contributed by atoms with Crippen molar-refractivity contribution in [1.29, 1.82) is 0 Å². The molecule has 1 atom stereocenters. The minimum absolute atomic E-state index is 0.167. The molecule has 19 heavy (non-hydrogen) atoms. The van der Waals surface area contributed by atoms with Crippen molar-refractivity contribution in [3.63, 3.8) is 0 Å². The molecule has 0 bridgehead atoms. The van der Waals surface area contributed by atoms with Crippen molar-refractivity contribution < 1.29 is 4.74 Å². The van der Waals surface area contributed by atoms with Crippen molar-refractivity contribution in [2.24, 2.45) is 5.73 Å². The SMILES string of the molecule is COc1c(C)cnc(CC(N)c2cncnc2)c1C. The summed E-state index contributed by atoms with van der Waals surface area (Å²) in [6.07, 6.45) is 7.41. The summed E-state index contributed by atoms with van der Waals surface area (Å²) in [4.78, 5) is 12.4. The fourth-order valence-corrected chi connectivity index (χ4v) is 2.11. The molecule has 0 saturated heterocycles. The van der Waals surface area contributed by atoms with Gasteiger partial charge in [-0.1, -0.05) is 0 Å². The number of hydrogen-bond donors (Lipinski definition) is 1. The zero-order chi connectivity index (χ0) is 13.8. The summed E-state index contributed by atoms with van der Waals surface area (Å²) in [6, 6.07) is -0.167. The Hall–Kier alpha value is -2.01. The summed E-state index contributed by atoms with van der Waals surface area (Å²) < 4.78 is 5.40. The normalized spacial score (nSPS) is 12.2. The monoisotopic (exact) mass is 258 g/mol. The Balaban J connectivity index is 2.25. The standard InChI is InChI=1S/C14H18N4O/c1-9-5-18-13(10(2)14(9)19-3)4-12(15)11-6-16-8-17-7-11/h5-8,12H,4,15H2,1-3H3. The fraction of sp³-hybridized carbons (Fsp3) is 0.357. The molecule has 0 saturated carbocycles. The van der Waals surface area contributed by atoms with Crippen LogP contribution in [0.2, 0.25) is 0 Å². The zero-order valence-corrected chi connectivity index (χ0v) is 11.4. The maximum absolute atomic E-state index is 6.16. The van der Waals surface area contributed by atoms with Crippen molar-refractivity contribution in [2.45, 2.75) is 26.3 Å². The van der Waals surface area contributed by atoms with Gasteiger partial charge in [0, 0.05) is 53.4 Å². The van der Waals surface area contributed by atoms with Gasteiger partial charge >= 0.3 is 0 Å². The van der Waals surface area contributed by atoms with Crippen LogP contribution in [0.4, 0.5) is 0 Å². The van der Waals surface area contributed by atoms with E-state index in [0.717, 1.165) is 28.1 Å². The molecule has 0 spiro atoms. The van der Waals surface area contributed by atoms with Gasteiger partial charge in [-0.25, -0.2) is 9.97 Å². The Bertz CT molecular complexity index is 557. The van der Waals surface area contributed by atoms with Crippen LogP contribution in [0.25, 0.3) is 0 Å². The topological polar surface area (TPSA) is 73.9 Å². The van der Waals surface area contributed by atoms with Gasteiger partial charge in [-0.2, -0.15) is 0 Å². The minimum atomic E-state index is -0.167. The molecule has 2 rings (SSSR count). The van der Waals surface area contributed by atoms with E-state index in [1.165, 1.54) is 6.33 Å². The van der Waals surface area contributed by atoms with Crippen LogP contribution in [0, 0.1) is 13.8 Å². The predicted octanol–water partition coefficient (Wildman–Crippen LogP) is 1.74. The van der Waals surface area contributed by atoms with E-state index in [2.05, 4.69) is 15.0 Å². The summed E-state index contributed by atoms with van der Waals surface area (Å²) in [5.41, 5.74) is 10.1. The molecule has 2 aromatic heterocycles. The van der Waals surface area contributed by atoms with E-state index in [-0.39, 0.29) is 6.04 Å². The Morgan fingerprint density at radius 1 is 1.21 bits per heavy atom. The summed E-state index contributed by atoms with van der Waals surface area (Å²) in [5, 5.41) is 0. The largest absolute Gasteiger partial charge is 0.496 e. The number of ether oxygens (including phenoxy) is 1. The van der Waals surface area contributed by atoms with Crippen molar-refractivity contribution >= 4 is 0 Å². The lowest BCUT2D eigenvalue weighted by atomic mass is 10.0. The number of aromatic nitrogens is 3. The van der Waals surface area contributed by atoms with Crippen molar-refractivity contribution in [1.82, 2.24) is 15.0 Å². The van der Waals surface area contributed by atoms with Crippen molar-refractivity contribution in [3.8, 4) is 5.75 Å². The average Bonchev–Trinajstić information content (AvgIpc) is 2.43. The maximum atomic E-state index is 6.16. The first-order valence-electron chi connectivity index (χ1n) is 6.13. The van der Waals surface area contributed by atoms with Crippen LogP contribution < -0.4 is 10.5 Å². The van der Waals surface area contributed by atoms with Gasteiger partial charge in [0.15, 0.2) is 0 Å². The second kappa shape index (κ2) is 5.75. The highest BCUT2D eigenvalue weighted by Gasteiger charge is 2.14. The summed E-state index contributed by atoms with van der Waals surface area (Å²) in [6.45, 7) is 3.98. The highest BCUT2D eigenvalue weighted by molar-refractivity contribution is 5.41. The number of methoxy groups -OCH3 is 1. The third kappa shape index (κ3) is 2.88. The second-order valence-corrected chi connectivity index (χ2v) is 4.53. The summed E-state index contributed by atoms with van der Waals surface area (Å²) in [7, 11) is 1.67.